The highest BCUT2D eigenvalue weighted by Crippen LogP contribution is 2.19. The van der Waals surface area contributed by atoms with Crippen molar-refractivity contribution in [3.63, 3.8) is 0 Å². The normalized spacial score (nSPS) is 12.8. The molecule has 102 valence electrons. The van der Waals surface area contributed by atoms with E-state index in [2.05, 4.69) is 4.72 Å². The first-order chi connectivity index (χ1) is 8.84. The lowest BCUT2D eigenvalue weighted by molar-refractivity contribution is 0.462. The molecule has 0 spiro atoms. The van der Waals surface area contributed by atoms with Crippen molar-refractivity contribution in [3.8, 4) is 0 Å². The van der Waals surface area contributed by atoms with Crippen LogP contribution in [0.1, 0.15) is 13.8 Å². The van der Waals surface area contributed by atoms with Crippen molar-refractivity contribution < 1.29 is 8.42 Å². The minimum atomic E-state index is -3.55. The molecule has 0 aromatic heterocycles. The summed E-state index contributed by atoms with van der Waals surface area (Å²) < 4.78 is 27.2. The fourth-order valence-corrected chi connectivity index (χ4v) is 3.26. The molecule has 5 heteroatoms. The zero-order valence-electron chi connectivity index (χ0n) is 11.1. The summed E-state index contributed by atoms with van der Waals surface area (Å²) in [5.41, 5.74) is 4.89. The predicted molar refractivity (Wildman–Crippen MR) is 77.4 cm³/mol. The number of rotatable bonds is 4. The minimum absolute atomic E-state index is 0.236. The van der Waals surface area contributed by atoms with Crippen molar-refractivity contribution in [2.75, 3.05) is 6.54 Å². The molecule has 0 aliphatic carbocycles. The zero-order chi connectivity index (χ0) is 14.1. The Balaban J connectivity index is 2.43. The standard InChI is InChI=1S/C14H18N2O2S/c1-14(2,10-15)16-19(17,18)13-8-7-11-5-3-4-6-12(11)9-13/h3-9,16H,10,15H2,1-2H3. The van der Waals surface area contributed by atoms with E-state index in [1.54, 1.807) is 32.0 Å². The molecule has 0 bridgehead atoms. The van der Waals surface area contributed by atoms with Crippen LogP contribution in [0.4, 0.5) is 0 Å². The Morgan fingerprint density at radius 2 is 1.74 bits per heavy atom. The summed E-state index contributed by atoms with van der Waals surface area (Å²) in [6, 6.07) is 12.7. The molecule has 3 N–H and O–H groups in total. The van der Waals surface area contributed by atoms with Crippen LogP contribution >= 0.6 is 0 Å². The SMILES string of the molecule is CC(C)(CN)NS(=O)(=O)c1ccc2ccccc2c1. The van der Waals surface area contributed by atoms with Gasteiger partial charge in [0.1, 0.15) is 0 Å². The lowest BCUT2D eigenvalue weighted by Gasteiger charge is -2.23. The molecule has 2 aromatic rings. The van der Waals surface area contributed by atoms with Crippen LogP contribution in [0.15, 0.2) is 47.4 Å². The van der Waals surface area contributed by atoms with Gasteiger partial charge in [0.2, 0.25) is 10.0 Å². The molecule has 2 rings (SSSR count). The summed E-state index contributed by atoms with van der Waals surface area (Å²) in [4.78, 5) is 0.257. The Labute approximate surface area is 113 Å². The van der Waals surface area contributed by atoms with Crippen LogP contribution in [-0.4, -0.2) is 20.5 Å². The van der Waals surface area contributed by atoms with Crippen LogP contribution in [-0.2, 0) is 10.0 Å². The van der Waals surface area contributed by atoms with Crippen molar-refractivity contribution in [3.05, 3.63) is 42.5 Å². The lowest BCUT2D eigenvalue weighted by atomic mass is 10.1. The quantitative estimate of drug-likeness (QED) is 0.896. The molecule has 19 heavy (non-hydrogen) atoms. The molecule has 0 radical (unpaired) electrons. The van der Waals surface area contributed by atoms with E-state index in [0.29, 0.717) is 0 Å². The second-order valence-electron chi connectivity index (χ2n) is 5.20. The van der Waals surface area contributed by atoms with Crippen molar-refractivity contribution >= 4 is 20.8 Å². The second kappa shape index (κ2) is 4.92. The number of sulfonamides is 1. The number of benzene rings is 2. The smallest absolute Gasteiger partial charge is 0.241 e. The van der Waals surface area contributed by atoms with Gasteiger partial charge in [0.15, 0.2) is 0 Å². The van der Waals surface area contributed by atoms with Gasteiger partial charge in [-0.15, -0.1) is 0 Å². The van der Waals surface area contributed by atoms with E-state index in [1.165, 1.54) is 0 Å². The largest absolute Gasteiger partial charge is 0.329 e. The monoisotopic (exact) mass is 278 g/mol. The predicted octanol–water partition coefficient (Wildman–Crippen LogP) is 1.86. The van der Waals surface area contributed by atoms with Crippen LogP contribution in [0.25, 0.3) is 10.8 Å². The summed E-state index contributed by atoms with van der Waals surface area (Å²) in [6.45, 7) is 3.75. The van der Waals surface area contributed by atoms with Gasteiger partial charge in [0.05, 0.1) is 4.90 Å². The summed E-state index contributed by atoms with van der Waals surface area (Å²) in [5, 5.41) is 1.91. The average Bonchev–Trinajstić information content (AvgIpc) is 2.37. The summed E-state index contributed by atoms with van der Waals surface area (Å²) >= 11 is 0. The van der Waals surface area contributed by atoms with Crippen LogP contribution in [0.5, 0.6) is 0 Å². The van der Waals surface area contributed by atoms with Crippen LogP contribution in [0.3, 0.4) is 0 Å². The molecule has 0 saturated heterocycles. The molecule has 0 saturated carbocycles. The molecule has 0 heterocycles. The van der Waals surface area contributed by atoms with Gasteiger partial charge in [-0.3, -0.25) is 0 Å². The fourth-order valence-electron chi connectivity index (χ4n) is 1.80. The highest BCUT2D eigenvalue weighted by molar-refractivity contribution is 7.89. The van der Waals surface area contributed by atoms with Gasteiger partial charge in [-0.2, -0.15) is 0 Å². The van der Waals surface area contributed by atoms with Gasteiger partial charge >= 0.3 is 0 Å². The van der Waals surface area contributed by atoms with E-state index in [4.69, 9.17) is 5.73 Å². The lowest BCUT2D eigenvalue weighted by Crippen LogP contribution is -2.48. The van der Waals surface area contributed by atoms with E-state index in [9.17, 15) is 8.42 Å². The van der Waals surface area contributed by atoms with Gasteiger partial charge in [-0.1, -0.05) is 30.3 Å². The first-order valence-corrected chi connectivity index (χ1v) is 7.55. The van der Waals surface area contributed by atoms with Crippen molar-refractivity contribution in [2.24, 2.45) is 5.73 Å². The maximum absolute atomic E-state index is 12.3. The average molecular weight is 278 g/mol. The molecule has 4 nitrogen and oxygen atoms in total. The maximum atomic E-state index is 12.3. The molecule has 0 aliphatic rings. The number of hydrogen-bond acceptors (Lipinski definition) is 3. The van der Waals surface area contributed by atoms with Crippen molar-refractivity contribution in [1.29, 1.82) is 0 Å². The second-order valence-corrected chi connectivity index (χ2v) is 6.88. The molecule has 0 amide bonds. The van der Waals surface area contributed by atoms with Gasteiger partial charge < -0.3 is 5.73 Å². The van der Waals surface area contributed by atoms with E-state index in [0.717, 1.165) is 10.8 Å². The van der Waals surface area contributed by atoms with Crippen LogP contribution < -0.4 is 10.5 Å². The van der Waals surface area contributed by atoms with Gasteiger partial charge in [-0.25, -0.2) is 13.1 Å². The molecule has 2 aromatic carbocycles. The summed E-state index contributed by atoms with van der Waals surface area (Å²) in [6.07, 6.45) is 0. The van der Waals surface area contributed by atoms with Crippen LogP contribution in [0.2, 0.25) is 0 Å². The Hall–Kier alpha value is -1.43. The highest BCUT2D eigenvalue weighted by atomic mass is 32.2. The first kappa shape index (κ1) is 14.0. The summed E-state index contributed by atoms with van der Waals surface area (Å²) in [5.74, 6) is 0. The maximum Gasteiger partial charge on any atom is 0.241 e. The Morgan fingerprint density at radius 3 is 2.37 bits per heavy atom. The molecule has 0 atom stereocenters. The summed E-state index contributed by atoms with van der Waals surface area (Å²) in [7, 11) is -3.55. The Bertz CT molecular complexity index is 693. The third-order valence-corrected chi connectivity index (χ3v) is 4.65. The number of nitrogens with one attached hydrogen (secondary N) is 1. The third kappa shape index (κ3) is 3.12. The van der Waals surface area contributed by atoms with E-state index < -0.39 is 15.6 Å². The highest BCUT2D eigenvalue weighted by Gasteiger charge is 2.24. The van der Waals surface area contributed by atoms with Gasteiger partial charge in [-0.05, 0) is 36.8 Å². The molecular formula is C14H18N2O2S. The molecule has 0 fully saturated rings. The molecular weight excluding hydrogens is 260 g/mol. The number of fused-ring (bicyclic) bond motifs is 1. The van der Waals surface area contributed by atoms with Crippen LogP contribution in [0, 0.1) is 0 Å². The minimum Gasteiger partial charge on any atom is -0.329 e. The van der Waals surface area contributed by atoms with E-state index >= 15 is 0 Å². The first-order valence-electron chi connectivity index (χ1n) is 6.07. The van der Waals surface area contributed by atoms with E-state index in [-0.39, 0.29) is 11.4 Å². The number of nitrogens with two attached hydrogens (primary N) is 1. The van der Waals surface area contributed by atoms with Gasteiger partial charge in [0.25, 0.3) is 0 Å². The van der Waals surface area contributed by atoms with Gasteiger partial charge in [0, 0.05) is 12.1 Å². The zero-order valence-corrected chi connectivity index (χ0v) is 11.9. The van der Waals surface area contributed by atoms with Crippen molar-refractivity contribution in [1.82, 2.24) is 4.72 Å². The fraction of sp³-hybridized carbons (Fsp3) is 0.286. The van der Waals surface area contributed by atoms with E-state index in [1.807, 2.05) is 24.3 Å². The Kier molecular flexibility index (Phi) is 3.62. The third-order valence-electron chi connectivity index (χ3n) is 2.95. The molecule has 0 aliphatic heterocycles. The van der Waals surface area contributed by atoms with Crippen molar-refractivity contribution in [2.45, 2.75) is 24.3 Å². The topological polar surface area (TPSA) is 72.2 Å². The number of hydrogen-bond donors (Lipinski definition) is 2. The Morgan fingerprint density at radius 1 is 1.11 bits per heavy atom. The molecule has 0 unspecified atom stereocenters.